The normalized spacial score (nSPS) is 20.7. The van der Waals surface area contributed by atoms with Gasteiger partial charge in [0.25, 0.3) is 0 Å². The molecule has 2 aliphatic rings. The van der Waals surface area contributed by atoms with Crippen LogP contribution >= 0.6 is 0 Å². The van der Waals surface area contributed by atoms with Crippen LogP contribution in [0.4, 0.5) is 0 Å². The van der Waals surface area contributed by atoms with E-state index >= 15 is 0 Å². The van der Waals surface area contributed by atoms with Gasteiger partial charge in [0.15, 0.2) is 11.5 Å². The minimum absolute atomic E-state index is 0.291. The van der Waals surface area contributed by atoms with Crippen molar-refractivity contribution in [3.05, 3.63) is 18.0 Å². The van der Waals surface area contributed by atoms with Crippen molar-refractivity contribution < 1.29 is 14.2 Å². The zero-order chi connectivity index (χ0) is 14.9. The number of hydrogen-bond acceptors (Lipinski definition) is 5. The van der Waals surface area contributed by atoms with Crippen LogP contribution in [0.25, 0.3) is 11.0 Å². The quantitative estimate of drug-likeness (QED) is 0.935. The monoisotopic (exact) mass is 303 g/mol. The lowest BCUT2D eigenvalue weighted by Gasteiger charge is -2.24. The number of ether oxygens (including phenoxy) is 3. The maximum absolute atomic E-state index is 5.51. The first kappa shape index (κ1) is 13.8. The predicted molar refractivity (Wildman–Crippen MR) is 82.2 cm³/mol. The Labute approximate surface area is 129 Å². The van der Waals surface area contributed by atoms with E-state index in [2.05, 4.69) is 9.88 Å². The number of hydrogen-bond donors (Lipinski definition) is 1. The third kappa shape index (κ3) is 2.42. The fourth-order valence-corrected chi connectivity index (χ4v) is 3.35. The van der Waals surface area contributed by atoms with Crippen LogP contribution in [-0.2, 0) is 17.9 Å². The van der Waals surface area contributed by atoms with Gasteiger partial charge in [0.05, 0.1) is 11.0 Å². The average molecular weight is 303 g/mol. The molecule has 1 aromatic heterocycles. The number of benzene rings is 1. The SMILES string of the molecule is COCc1nc2cc3c(cc2n1CC1CCCNC1)OCO3. The van der Waals surface area contributed by atoms with Crippen molar-refractivity contribution in [3.63, 3.8) is 0 Å². The molecule has 1 atom stereocenters. The van der Waals surface area contributed by atoms with Crippen molar-refractivity contribution in [1.82, 2.24) is 14.9 Å². The molecule has 6 heteroatoms. The van der Waals surface area contributed by atoms with Crippen LogP contribution in [0.1, 0.15) is 18.7 Å². The second-order valence-corrected chi connectivity index (χ2v) is 5.98. The molecule has 0 amide bonds. The fraction of sp³-hybridized carbons (Fsp3) is 0.562. The molecule has 1 unspecified atom stereocenters. The highest BCUT2D eigenvalue weighted by molar-refractivity contribution is 5.81. The Bertz CT molecular complexity index is 677. The highest BCUT2D eigenvalue weighted by atomic mass is 16.7. The van der Waals surface area contributed by atoms with Gasteiger partial charge in [-0.3, -0.25) is 0 Å². The van der Waals surface area contributed by atoms with Gasteiger partial charge in [0, 0.05) is 25.8 Å². The molecule has 4 rings (SSSR count). The number of methoxy groups -OCH3 is 1. The van der Waals surface area contributed by atoms with Crippen LogP contribution in [0.5, 0.6) is 11.5 Å². The van der Waals surface area contributed by atoms with Gasteiger partial charge in [0.2, 0.25) is 6.79 Å². The summed E-state index contributed by atoms with van der Waals surface area (Å²) in [6.45, 7) is 3.96. The molecule has 2 aliphatic heterocycles. The van der Waals surface area contributed by atoms with E-state index in [-0.39, 0.29) is 0 Å². The second-order valence-electron chi connectivity index (χ2n) is 5.98. The third-order valence-corrected chi connectivity index (χ3v) is 4.43. The number of rotatable bonds is 4. The first-order chi connectivity index (χ1) is 10.8. The summed E-state index contributed by atoms with van der Waals surface area (Å²) in [4.78, 5) is 4.73. The number of imidazole rings is 1. The van der Waals surface area contributed by atoms with Crippen LogP contribution in [-0.4, -0.2) is 36.5 Å². The summed E-state index contributed by atoms with van der Waals surface area (Å²) in [5, 5.41) is 3.48. The third-order valence-electron chi connectivity index (χ3n) is 4.43. The zero-order valence-electron chi connectivity index (χ0n) is 12.8. The van der Waals surface area contributed by atoms with Crippen LogP contribution < -0.4 is 14.8 Å². The number of aromatic nitrogens is 2. The predicted octanol–water partition coefficient (Wildman–Crippen LogP) is 1.91. The van der Waals surface area contributed by atoms with Crippen molar-refractivity contribution in [2.75, 3.05) is 27.0 Å². The Hall–Kier alpha value is -1.79. The van der Waals surface area contributed by atoms with E-state index in [4.69, 9.17) is 19.2 Å². The van der Waals surface area contributed by atoms with E-state index in [1.54, 1.807) is 7.11 Å². The molecule has 1 aromatic carbocycles. The van der Waals surface area contributed by atoms with Crippen molar-refractivity contribution in [1.29, 1.82) is 0 Å². The summed E-state index contributed by atoms with van der Waals surface area (Å²) >= 11 is 0. The van der Waals surface area contributed by atoms with Gasteiger partial charge in [0.1, 0.15) is 12.4 Å². The maximum Gasteiger partial charge on any atom is 0.231 e. The molecule has 1 N–H and O–H groups in total. The van der Waals surface area contributed by atoms with Crippen LogP contribution in [0, 0.1) is 5.92 Å². The zero-order valence-corrected chi connectivity index (χ0v) is 12.8. The van der Waals surface area contributed by atoms with Crippen LogP contribution in [0.3, 0.4) is 0 Å². The molecule has 1 fully saturated rings. The van der Waals surface area contributed by atoms with Crippen molar-refractivity contribution in [3.8, 4) is 11.5 Å². The minimum Gasteiger partial charge on any atom is -0.454 e. The van der Waals surface area contributed by atoms with E-state index in [9.17, 15) is 0 Å². The van der Waals surface area contributed by atoms with E-state index in [0.29, 0.717) is 19.3 Å². The van der Waals surface area contributed by atoms with Gasteiger partial charge in [-0.2, -0.15) is 0 Å². The average Bonchev–Trinajstić information content (AvgIpc) is 3.11. The molecule has 0 saturated carbocycles. The molecule has 3 heterocycles. The lowest BCUT2D eigenvalue weighted by atomic mass is 9.99. The highest BCUT2D eigenvalue weighted by Gasteiger charge is 2.21. The molecule has 0 bridgehead atoms. The Morgan fingerprint density at radius 1 is 1.36 bits per heavy atom. The minimum atomic E-state index is 0.291. The number of nitrogens with one attached hydrogen (secondary N) is 1. The highest BCUT2D eigenvalue weighted by Crippen LogP contribution is 2.36. The number of piperidine rings is 1. The fourth-order valence-electron chi connectivity index (χ4n) is 3.35. The van der Waals surface area contributed by atoms with E-state index < -0.39 is 0 Å². The smallest absolute Gasteiger partial charge is 0.231 e. The standard InChI is InChI=1S/C16H21N3O3/c1-20-9-16-18-12-5-14-15(22-10-21-14)6-13(12)19(16)8-11-3-2-4-17-7-11/h5-6,11,17H,2-4,7-10H2,1H3. The van der Waals surface area contributed by atoms with E-state index in [1.165, 1.54) is 12.8 Å². The lowest BCUT2D eigenvalue weighted by Crippen LogP contribution is -2.32. The molecule has 2 aromatic rings. The second kappa shape index (κ2) is 5.78. The van der Waals surface area contributed by atoms with Crippen LogP contribution in [0.15, 0.2) is 12.1 Å². The number of nitrogens with zero attached hydrogens (tertiary/aromatic N) is 2. The van der Waals surface area contributed by atoms with E-state index in [1.807, 2.05) is 12.1 Å². The van der Waals surface area contributed by atoms with Gasteiger partial charge in [-0.15, -0.1) is 0 Å². The summed E-state index contributed by atoms with van der Waals surface area (Å²) in [6.07, 6.45) is 2.49. The molecule has 0 aliphatic carbocycles. The van der Waals surface area contributed by atoms with E-state index in [0.717, 1.165) is 48.0 Å². The molecule has 0 radical (unpaired) electrons. The first-order valence-electron chi connectivity index (χ1n) is 7.83. The number of fused-ring (bicyclic) bond motifs is 2. The largest absolute Gasteiger partial charge is 0.454 e. The molecule has 1 saturated heterocycles. The Kier molecular flexibility index (Phi) is 3.63. The summed E-state index contributed by atoms with van der Waals surface area (Å²) in [5.74, 6) is 3.18. The molecular weight excluding hydrogens is 282 g/mol. The molecular formula is C16H21N3O3. The van der Waals surface area contributed by atoms with Crippen molar-refractivity contribution in [2.45, 2.75) is 26.0 Å². The van der Waals surface area contributed by atoms with Gasteiger partial charge in [-0.25, -0.2) is 4.98 Å². The summed E-state index contributed by atoms with van der Waals surface area (Å²) in [7, 11) is 1.71. The Morgan fingerprint density at radius 3 is 3.00 bits per heavy atom. The summed E-state index contributed by atoms with van der Waals surface area (Å²) in [6, 6.07) is 4.01. The molecule has 22 heavy (non-hydrogen) atoms. The van der Waals surface area contributed by atoms with Gasteiger partial charge < -0.3 is 24.1 Å². The maximum atomic E-state index is 5.51. The van der Waals surface area contributed by atoms with Gasteiger partial charge >= 0.3 is 0 Å². The summed E-state index contributed by atoms with van der Waals surface area (Å²) < 4.78 is 18.6. The molecule has 118 valence electrons. The van der Waals surface area contributed by atoms with Crippen LogP contribution in [0.2, 0.25) is 0 Å². The lowest BCUT2D eigenvalue weighted by molar-refractivity contribution is 0.172. The first-order valence-corrected chi connectivity index (χ1v) is 7.83. The topological polar surface area (TPSA) is 57.5 Å². The Balaban J connectivity index is 1.73. The van der Waals surface area contributed by atoms with Crippen molar-refractivity contribution in [2.24, 2.45) is 5.92 Å². The Morgan fingerprint density at radius 2 is 2.23 bits per heavy atom. The molecule has 0 spiro atoms. The van der Waals surface area contributed by atoms with Crippen molar-refractivity contribution >= 4 is 11.0 Å². The molecule has 6 nitrogen and oxygen atoms in total. The van der Waals surface area contributed by atoms with Gasteiger partial charge in [-0.1, -0.05) is 0 Å². The summed E-state index contributed by atoms with van der Waals surface area (Å²) in [5.41, 5.74) is 2.04. The van der Waals surface area contributed by atoms with Gasteiger partial charge in [-0.05, 0) is 31.8 Å².